The summed E-state index contributed by atoms with van der Waals surface area (Å²) in [5.74, 6) is 0.0926. The first-order chi connectivity index (χ1) is 12.2. The summed E-state index contributed by atoms with van der Waals surface area (Å²) in [6.07, 6.45) is 15.5. The number of hydrogen-bond donors (Lipinski definition) is 0. The van der Waals surface area contributed by atoms with Crippen molar-refractivity contribution < 1.29 is 9.53 Å². The van der Waals surface area contributed by atoms with Gasteiger partial charge in [0.1, 0.15) is 5.60 Å². The third kappa shape index (κ3) is 5.97. The summed E-state index contributed by atoms with van der Waals surface area (Å²) in [5, 5.41) is 0. The first-order valence-electron chi connectivity index (χ1n) is 9.78. The Labute approximate surface area is 153 Å². The average molecular weight is 341 g/mol. The van der Waals surface area contributed by atoms with Crippen LogP contribution in [0.3, 0.4) is 0 Å². The molecule has 25 heavy (non-hydrogen) atoms. The number of ether oxygens (including phenoxy) is 1. The predicted molar refractivity (Wildman–Crippen MR) is 106 cm³/mol. The van der Waals surface area contributed by atoms with E-state index in [-0.39, 0.29) is 5.78 Å². The zero-order valence-electron chi connectivity index (χ0n) is 15.8. The zero-order valence-corrected chi connectivity index (χ0v) is 15.8. The highest BCUT2D eigenvalue weighted by molar-refractivity contribution is 5.90. The van der Waals surface area contributed by atoms with Gasteiger partial charge in [-0.3, -0.25) is 4.79 Å². The van der Waals surface area contributed by atoms with Gasteiger partial charge in [0.25, 0.3) is 0 Å². The average Bonchev–Trinajstić information content (AvgIpc) is 2.65. The van der Waals surface area contributed by atoms with Crippen LogP contribution in [-0.4, -0.2) is 18.0 Å². The lowest BCUT2D eigenvalue weighted by molar-refractivity contribution is -0.136. The molecule has 1 aromatic rings. The first kappa shape index (κ1) is 19.7. The number of allylic oxidation sites excluding steroid dienone is 2. The van der Waals surface area contributed by atoms with Crippen LogP contribution in [0.2, 0.25) is 0 Å². The Bertz CT molecular complexity index is 585. The molecule has 0 N–H and O–H groups in total. The minimum Gasteiger partial charge on any atom is -0.363 e. The summed E-state index contributed by atoms with van der Waals surface area (Å²) in [5.41, 5.74) is 1.58. The molecular formula is C23H32O2. The van der Waals surface area contributed by atoms with E-state index in [0.29, 0.717) is 13.0 Å². The quantitative estimate of drug-likeness (QED) is 0.453. The number of Topliss-reactive ketones (excluding diaryl/α,β-unsaturated/α-hetero) is 1. The zero-order chi connectivity index (χ0) is 18.0. The van der Waals surface area contributed by atoms with Crippen LogP contribution in [0.4, 0.5) is 0 Å². The lowest BCUT2D eigenvalue weighted by atomic mass is 9.86. The number of ketones is 1. The highest BCUT2D eigenvalue weighted by atomic mass is 16.5. The van der Waals surface area contributed by atoms with E-state index < -0.39 is 5.60 Å². The Hall–Kier alpha value is -1.67. The van der Waals surface area contributed by atoms with E-state index in [1.54, 1.807) is 6.92 Å². The Morgan fingerprint density at radius 1 is 1.04 bits per heavy atom. The molecule has 1 aromatic carbocycles. The van der Waals surface area contributed by atoms with E-state index in [1.807, 2.05) is 30.4 Å². The second-order valence-corrected chi connectivity index (χ2v) is 6.98. The van der Waals surface area contributed by atoms with Crippen molar-refractivity contribution in [2.45, 2.75) is 70.8 Å². The van der Waals surface area contributed by atoms with Crippen LogP contribution in [0.15, 0.2) is 48.6 Å². The molecule has 0 fully saturated rings. The van der Waals surface area contributed by atoms with Crippen LogP contribution in [0, 0.1) is 0 Å². The van der Waals surface area contributed by atoms with Gasteiger partial charge in [0, 0.05) is 13.0 Å². The van der Waals surface area contributed by atoms with Gasteiger partial charge >= 0.3 is 0 Å². The number of carbonyl (C=O) groups is 1. The molecule has 1 unspecified atom stereocenters. The van der Waals surface area contributed by atoms with Gasteiger partial charge in [0.2, 0.25) is 0 Å². The topological polar surface area (TPSA) is 26.3 Å². The molecule has 0 aliphatic heterocycles. The van der Waals surface area contributed by atoms with Crippen LogP contribution >= 0.6 is 0 Å². The summed E-state index contributed by atoms with van der Waals surface area (Å²) in [4.78, 5) is 12.2. The van der Waals surface area contributed by atoms with Crippen molar-refractivity contribution in [3.8, 4) is 0 Å². The molecule has 0 radical (unpaired) electrons. The summed E-state index contributed by atoms with van der Waals surface area (Å²) in [7, 11) is 0. The van der Waals surface area contributed by atoms with Crippen molar-refractivity contribution >= 4 is 11.4 Å². The molecule has 136 valence electrons. The molecule has 2 heteroatoms. The molecule has 0 amide bonds. The van der Waals surface area contributed by atoms with Crippen LogP contribution in [0.25, 0.3) is 5.57 Å². The summed E-state index contributed by atoms with van der Waals surface area (Å²) >= 11 is 0. The molecule has 0 saturated carbocycles. The fourth-order valence-electron chi connectivity index (χ4n) is 3.25. The normalized spacial score (nSPS) is 19.7. The Morgan fingerprint density at radius 2 is 1.72 bits per heavy atom. The number of rotatable bonds is 11. The molecule has 0 spiro atoms. The summed E-state index contributed by atoms with van der Waals surface area (Å²) in [6.45, 7) is 4.53. The van der Waals surface area contributed by atoms with Crippen molar-refractivity contribution in [1.82, 2.24) is 0 Å². The lowest BCUT2D eigenvalue weighted by Gasteiger charge is -2.30. The molecule has 1 aliphatic carbocycles. The smallest absolute Gasteiger partial charge is 0.165 e. The highest BCUT2D eigenvalue weighted by Crippen LogP contribution is 2.30. The molecule has 2 rings (SSSR count). The molecule has 0 bridgehead atoms. The number of unbranched alkanes of at least 4 members (excludes halogenated alkanes) is 6. The van der Waals surface area contributed by atoms with Gasteiger partial charge in [0.15, 0.2) is 5.78 Å². The Balaban J connectivity index is 1.80. The number of hydrogen-bond acceptors (Lipinski definition) is 2. The monoisotopic (exact) mass is 340 g/mol. The third-order valence-corrected chi connectivity index (χ3v) is 4.97. The van der Waals surface area contributed by atoms with Crippen molar-refractivity contribution in [3.05, 3.63) is 54.1 Å². The number of benzene rings is 1. The van der Waals surface area contributed by atoms with Crippen molar-refractivity contribution in [3.63, 3.8) is 0 Å². The van der Waals surface area contributed by atoms with E-state index in [1.165, 1.54) is 44.1 Å². The largest absolute Gasteiger partial charge is 0.363 e. The SMILES string of the molecule is CCCCCCCCCOC1(C(C)=O)C=CC(c2ccccc2)=CC1. The molecule has 0 heterocycles. The third-order valence-electron chi connectivity index (χ3n) is 4.97. The molecule has 2 nitrogen and oxygen atoms in total. The van der Waals surface area contributed by atoms with Crippen LogP contribution < -0.4 is 0 Å². The molecule has 0 saturated heterocycles. The fraction of sp³-hybridized carbons (Fsp3) is 0.522. The van der Waals surface area contributed by atoms with Gasteiger partial charge in [-0.25, -0.2) is 0 Å². The summed E-state index contributed by atoms with van der Waals surface area (Å²) in [6, 6.07) is 10.3. The second kappa shape index (κ2) is 10.4. The van der Waals surface area contributed by atoms with E-state index in [4.69, 9.17) is 4.74 Å². The standard InChI is InChI=1S/C23H32O2/c1-3-4-5-6-7-8-12-19-25-23(20(2)24)17-15-22(16-18-23)21-13-10-9-11-14-21/h9-11,13-17H,3-8,12,18-19H2,1-2H3. The van der Waals surface area contributed by atoms with Crippen molar-refractivity contribution in [2.24, 2.45) is 0 Å². The maximum atomic E-state index is 12.2. The second-order valence-electron chi connectivity index (χ2n) is 6.98. The molecule has 1 atom stereocenters. The molecule has 1 aliphatic rings. The lowest BCUT2D eigenvalue weighted by Crippen LogP contribution is -2.39. The van der Waals surface area contributed by atoms with Crippen molar-refractivity contribution in [1.29, 1.82) is 0 Å². The first-order valence-corrected chi connectivity index (χ1v) is 9.78. The van der Waals surface area contributed by atoms with Crippen LogP contribution in [-0.2, 0) is 9.53 Å². The minimum atomic E-state index is -0.763. The van der Waals surface area contributed by atoms with Gasteiger partial charge < -0.3 is 4.74 Å². The summed E-state index contributed by atoms with van der Waals surface area (Å²) < 4.78 is 6.06. The van der Waals surface area contributed by atoms with Crippen LogP contribution in [0.5, 0.6) is 0 Å². The van der Waals surface area contributed by atoms with Gasteiger partial charge in [0.05, 0.1) is 0 Å². The Morgan fingerprint density at radius 3 is 2.32 bits per heavy atom. The minimum absolute atomic E-state index is 0.0926. The molecular weight excluding hydrogens is 308 g/mol. The van der Waals surface area contributed by atoms with E-state index >= 15 is 0 Å². The number of carbonyl (C=O) groups excluding carboxylic acids is 1. The van der Waals surface area contributed by atoms with Crippen LogP contribution in [0.1, 0.15) is 70.8 Å². The van der Waals surface area contributed by atoms with Gasteiger partial charge in [-0.1, -0.05) is 87.9 Å². The van der Waals surface area contributed by atoms with E-state index in [0.717, 1.165) is 12.0 Å². The van der Waals surface area contributed by atoms with Gasteiger partial charge in [-0.2, -0.15) is 0 Å². The molecule has 0 aromatic heterocycles. The van der Waals surface area contributed by atoms with Crippen molar-refractivity contribution in [2.75, 3.05) is 6.61 Å². The maximum Gasteiger partial charge on any atom is 0.165 e. The van der Waals surface area contributed by atoms with Gasteiger partial charge in [-0.15, -0.1) is 0 Å². The van der Waals surface area contributed by atoms with E-state index in [9.17, 15) is 4.79 Å². The Kier molecular flexibility index (Phi) is 8.14. The van der Waals surface area contributed by atoms with Gasteiger partial charge in [-0.05, 0) is 30.6 Å². The highest BCUT2D eigenvalue weighted by Gasteiger charge is 2.34. The fourth-order valence-corrected chi connectivity index (χ4v) is 3.25. The van der Waals surface area contributed by atoms with E-state index in [2.05, 4.69) is 25.1 Å². The maximum absolute atomic E-state index is 12.2. The predicted octanol–water partition coefficient (Wildman–Crippen LogP) is 6.12.